The van der Waals surface area contributed by atoms with Gasteiger partial charge in [0.25, 0.3) is 0 Å². The van der Waals surface area contributed by atoms with Gasteiger partial charge in [0.1, 0.15) is 24.6 Å². The highest BCUT2D eigenvalue weighted by atomic mass is 16.6. The van der Waals surface area contributed by atoms with E-state index in [2.05, 4.69) is 13.2 Å². The molecule has 2 aliphatic carbocycles. The Kier molecular flexibility index (Phi) is 7.89. The van der Waals surface area contributed by atoms with Crippen molar-refractivity contribution in [2.75, 3.05) is 19.8 Å². The van der Waals surface area contributed by atoms with E-state index in [1.54, 1.807) is 0 Å². The van der Waals surface area contributed by atoms with Gasteiger partial charge in [0.2, 0.25) is 0 Å². The Hall–Kier alpha value is -3.04. The molecule has 0 aromatic heterocycles. The number of ether oxygens (including phenoxy) is 3. The molecule has 1 unspecified atom stereocenters. The van der Waals surface area contributed by atoms with Crippen LogP contribution in [0.15, 0.2) is 47.6 Å². The van der Waals surface area contributed by atoms with Crippen molar-refractivity contribution in [2.45, 2.75) is 38.9 Å². The maximum atomic E-state index is 13.0. The molecule has 0 amide bonds. The van der Waals surface area contributed by atoms with E-state index in [9.17, 15) is 24.3 Å². The quantitative estimate of drug-likeness (QED) is 0.241. The topological polar surface area (TPSA) is 136 Å². The number of aliphatic hydroxyl groups is 2. The zero-order chi connectivity index (χ0) is 25.2. The molecule has 0 aromatic rings. The molecule has 0 radical (unpaired) electrons. The van der Waals surface area contributed by atoms with E-state index in [1.807, 2.05) is 6.92 Å². The molecule has 34 heavy (non-hydrogen) atoms. The third kappa shape index (κ3) is 4.90. The van der Waals surface area contributed by atoms with E-state index in [-0.39, 0.29) is 53.3 Å². The fraction of sp³-hybridized carbons (Fsp3) is 0.520. The van der Waals surface area contributed by atoms with Crippen molar-refractivity contribution in [3.8, 4) is 0 Å². The SMILES string of the molecule is C=C1C(=O)O[C@H]2C1[C@H](OC(=O)C(=CCO)COC(=O)/C(C)=C/CO)CC(=C)[C@@H]1CC(=O)[C@@H](C)[C@H]12. The fourth-order valence-electron chi connectivity index (χ4n) is 5.05. The van der Waals surface area contributed by atoms with Crippen LogP contribution in [0.1, 0.15) is 26.7 Å². The monoisotopic (exact) mass is 474 g/mol. The summed E-state index contributed by atoms with van der Waals surface area (Å²) in [5.41, 5.74) is 0.989. The normalized spacial score (nSPS) is 31.5. The third-order valence-corrected chi connectivity index (χ3v) is 6.94. The molecule has 6 atom stereocenters. The van der Waals surface area contributed by atoms with Crippen LogP contribution in [0.2, 0.25) is 0 Å². The average molecular weight is 475 g/mol. The van der Waals surface area contributed by atoms with Crippen LogP contribution in [0.5, 0.6) is 0 Å². The Balaban J connectivity index is 1.81. The first kappa shape index (κ1) is 25.6. The summed E-state index contributed by atoms with van der Waals surface area (Å²) >= 11 is 0. The summed E-state index contributed by atoms with van der Waals surface area (Å²) < 4.78 is 16.5. The molecule has 2 N–H and O–H groups in total. The highest BCUT2D eigenvalue weighted by Gasteiger charge is 2.57. The summed E-state index contributed by atoms with van der Waals surface area (Å²) in [5.74, 6) is -3.50. The Morgan fingerprint density at radius 1 is 1.12 bits per heavy atom. The molecule has 3 rings (SSSR count). The molecule has 2 saturated carbocycles. The number of esters is 3. The summed E-state index contributed by atoms with van der Waals surface area (Å²) in [6.45, 7) is 9.95. The molecule has 184 valence electrons. The second-order valence-corrected chi connectivity index (χ2v) is 8.93. The van der Waals surface area contributed by atoms with Crippen LogP contribution >= 0.6 is 0 Å². The highest BCUT2D eigenvalue weighted by Crippen LogP contribution is 2.52. The molecule has 1 heterocycles. The predicted octanol–water partition coefficient (Wildman–Crippen LogP) is 1.20. The average Bonchev–Trinajstić information content (AvgIpc) is 3.21. The Labute approximate surface area is 197 Å². The minimum Gasteiger partial charge on any atom is -0.458 e. The smallest absolute Gasteiger partial charge is 0.337 e. The number of carbonyl (C=O) groups is 4. The first-order chi connectivity index (χ1) is 16.1. The predicted molar refractivity (Wildman–Crippen MR) is 119 cm³/mol. The molecule has 9 heteroatoms. The molecule has 0 spiro atoms. The van der Waals surface area contributed by atoms with Crippen LogP contribution in [-0.4, -0.2) is 65.9 Å². The van der Waals surface area contributed by atoms with Gasteiger partial charge in [-0.1, -0.05) is 25.7 Å². The van der Waals surface area contributed by atoms with Crippen LogP contribution in [0, 0.1) is 23.7 Å². The number of Topliss-reactive ketones (excluding diaryl/α,β-unsaturated/α-hetero) is 1. The van der Waals surface area contributed by atoms with Gasteiger partial charge in [-0.05, 0) is 25.0 Å². The van der Waals surface area contributed by atoms with E-state index in [0.717, 1.165) is 5.57 Å². The first-order valence-corrected chi connectivity index (χ1v) is 11.2. The van der Waals surface area contributed by atoms with Gasteiger partial charge in [-0.3, -0.25) is 4.79 Å². The summed E-state index contributed by atoms with van der Waals surface area (Å²) in [7, 11) is 0. The molecule has 3 fully saturated rings. The summed E-state index contributed by atoms with van der Waals surface area (Å²) in [4.78, 5) is 49.8. The molecule has 0 aromatic carbocycles. The van der Waals surface area contributed by atoms with Crippen molar-refractivity contribution in [3.05, 3.63) is 47.6 Å². The summed E-state index contributed by atoms with van der Waals surface area (Å²) in [6, 6.07) is 0. The standard InChI is InChI=1S/C25H30O9/c1-12(5-7-26)23(29)32-11-16(6-8-27)25(31)33-19-9-13(2)17-10-18(28)14(3)20(17)22-21(19)15(4)24(30)34-22/h5-6,14,17,19-22,26-27H,2,4,7-11H2,1,3H3/b12-5+,16-6?/t14-,17+,19-,20-,21?,22-/m1/s1. The number of hydrogen-bond acceptors (Lipinski definition) is 9. The number of hydrogen-bond donors (Lipinski definition) is 2. The van der Waals surface area contributed by atoms with Crippen molar-refractivity contribution in [3.63, 3.8) is 0 Å². The van der Waals surface area contributed by atoms with Crippen molar-refractivity contribution in [2.24, 2.45) is 23.7 Å². The van der Waals surface area contributed by atoms with Crippen LogP contribution in [0.25, 0.3) is 0 Å². The lowest BCUT2D eigenvalue weighted by Crippen LogP contribution is -2.38. The van der Waals surface area contributed by atoms with Crippen molar-refractivity contribution < 1.29 is 43.6 Å². The van der Waals surface area contributed by atoms with Gasteiger partial charge in [-0.15, -0.1) is 0 Å². The lowest BCUT2D eigenvalue weighted by molar-refractivity contribution is -0.150. The molecular formula is C25H30O9. The van der Waals surface area contributed by atoms with E-state index < -0.39 is 49.2 Å². The van der Waals surface area contributed by atoms with Crippen LogP contribution in [0.3, 0.4) is 0 Å². The maximum Gasteiger partial charge on any atom is 0.337 e. The zero-order valence-electron chi connectivity index (χ0n) is 19.3. The van der Waals surface area contributed by atoms with Crippen LogP contribution in [-0.2, 0) is 33.4 Å². The Bertz CT molecular complexity index is 973. The van der Waals surface area contributed by atoms with E-state index in [0.29, 0.717) is 6.42 Å². The lowest BCUT2D eigenvalue weighted by atomic mass is 9.79. The number of ketones is 1. The van der Waals surface area contributed by atoms with E-state index in [1.165, 1.54) is 19.1 Å². The minimum atomic E-state index is -0.828. The van der Waals surface area contributed by atoms with Crippen molar-refractivity contribution in [1.82, 2.24) is 0 Å². The molecule has 1 saturated heterocycles. The Morgan fingerprint density at radius 2 is 1.79 bits per heavy atom. The number of aliphatic hydroxyl groups excluding tert-OH is 2. The van der Waals surface area contributed by atoms with Gasteiger partial charge in [-0.25, -0.2) is 14.4 Å². The van der Waals surface area contributed by atoms with Crippen molar-refractivity contribution >= 4 is 23.7 Å². The molecular weight excluding hydrogens is 444 g/mol. The summed E-state index contributed by atoms with van der Waals surface area (Å²) in [6.07, 6.45) is 1.45. The maximum absolute atomic E-state index is 13.0. The lowest BCUT2D eigenvalue weighted by Gasteiger charge is -2.29. The van der Waals surface area contributed by atoms with Gasteiger partial charge in [0.15, 0.2) is 0 Å². The largest absolute Gasteiger partial charge is 0.458 e. The zero-order valence-corrected chi connectivity index (χ0v) is 19.3. The highest BCUT2D eigenvalue weighted by molar-refractivity contribution is 5.93. The van der Waals surface area contributed by atoms with E-state index in [4.69, 9.17) is 19.3 Å². The Morgan fingerprint density at radius 3 is 2.44 bits per heavy atom. The first-order valence-electron chi connectivity index (χ1n) is 11.2. The summed E-state index contributed by atoms with van der Waals surface area (Å²) in [5, 5.41) is 18.2. The van der Waals surface area contributed by atoms with Gasteiger partial charge in [0, 0.05) is 35.8 Å². The molecule has 9 nitrogen and oxygen atoms in total. The molecule has 3 aliphatic rings. The van der Waals surface area contributed by atoms with E-state index >= 15 is 0 Å². The second kappa shape index (κ2) is 10.5. The third-order valence-electron chi connectivity index (χ3n) is 6.94. The van der Waals surface area contributed by atoms with Gasteiger partial charge in [-0.2, -0.15) is 0 Å². The fourth-order valence-corrected chi connectivity index (χ4v) is 5.05. The number of rotatable bonds is 7. The number of carbonyl (C=O) groups excluding carboxylic acids is 4. The van der Waals surface area contributed by atoms with Crippen molar-refractivity contribution in [1.29, 1.82) is 0 Å². The molecule has 0 bridgehead atoms. The van der Waals surface area contributed by atoms with Gasteiger partial charge >= 0.3 is 17.9 Å². The minimum absolute atomic E-state index is 0.0828. The number of fused-ring (bicyclic) bond motifs is 3. The van der Waals surface area contributed by atoms with Crippen LogP contribution in [0.4, 0.5) is 0 Å². The second-order valence-electron chi connectivity index (χ2n) is 8.93. The van der Waals surface area contributed by atoms with Crippen LogP contribution < -0.4 is 0 Å². The van der Waals surface area contributed by atoms with Gasteiger partial charge < -0.3 is 24.4 Å². The van der Waals surface area contributed by atoms with Gasteiger partial charge in [0.05, 0.1) is 24.7 Å². The molecule has 1 aliphatic heterocycles.